The molecule has 1 aromatic rings. The molecule has 0 unspecified atom stereocenters. The van der Waals surface area contributed by atoms with Gasteiger partial charge in [0.2, 0.25) is 10.0 Å². The molecule has 3 N–H and O–H groups in total. The van der Waals surface area contributed by atoms with E-state index < -0.39 is 10.0 Å². The molecule has 1 aromatic carbocycles. The molecule has 102 valence electrons. The fraction of sp³-hybridized carbons (Fsp3) is 0.455. The molecule has 0 radical (unpaired) electrons. The van der Waals surface area contributed by atoms with Gasteiger partial charge in [-0.15, -0.1) is 0 Å². The van der Waals surface area contributed by atoms with Crippen LogP contribution in [0, 0.1) is 0 Å². The van der Waals surface area contributed by atoms with Gasteiger partial charge in [-0.05, 0) is 25.0 Å². The quantitative estimate of drug-likeness (QED) is 0.591. The predicted octanol–water partition coefficient (Wildman–Crippen LogP) is 1.63. The van der Waals surface area contributed by atoms with Crippen LogP contribution in [0.2, 0.25) is 5.02 Å². The van der Waals surface area contributed by atoms with Crippen LogP contribution in [0.25, 0.3) is 0 Å². The van der Waals surface area contributed by atoms with Crippen molar-refractivity contribution in [1.82, 2.24) is 4.72 Å². The lowest BCUT2D eigenvalue weighted by atomic mass is 10.3. The number of hydrogen-bond donors (Lipinski definition) is 2. The van der Waals surface area contributed by atoms with E-state index in [0.29, 0.717) is 19.6 Å². The molecule has 7 heteroatoms. The van der Waals surface area contributed by atoms with E-state index in [9.17, 15) is 8.42 Å². The van der Waals surface area contributed by atoms with Crippen LogP contribution in [-0.2, 0) is 14.8 Å². The van der Waals surface area contributed by atoms with Crippen LogP contribution in [0.3, 0.4) is 0 Å². The molecular weight excluding hydrogens is 276 g/mol. The summed E-state index contributed by atoms with van der Waals surface area (Å²) < 4.78 is 31.3. The topological polar surface area (TPSA) is 81.4 Å². The van der Waals surface area contributed by atoms with Gasteiger partial charge in [0.1, 0.15) is 4.90 Å². The lowest BCUT2D eigenvalue weighted by molar-refractivity contribution is 0.193. The van der Waals surface area contributed by atoms with Crippen molar-refractivity contribution in [3.8, 4) is 0 Å². The first-order chi connectivity index (χ1) is 8.49. The standard InChI is InChI=1S/C11H17ClN2O3S/c1-17-8-3-2-7-14-18(15,16)11-9(12)5-4-6-10(11)13/h4-6,14H,2-3,7-8,13H2,1H3. The summed E-state index contributed by atoms with van der Waals surface area (Å²) in [7, 11) is -2.05. The number of sulfonamides is 1. The molecule has 0 spiro atoms. The maximum absolute atomic E-state index is 12.0. The summed E-state index contributed by atoms with van der Waals surface area (Å²) in [5, 5.41) is 0.124. The number of rotatable bonds is 7. The molecule has 0 aliphatic rings. The first kappa shape index (κ1) is 15.2. The zero-order chi connectivity index (χ0) is 13.6. The summed E-state index contributed by atoms with van der Waals surface area (Å²) in [5.74, 6) is 0. The molecule has 0 aliphatic carbocycles. The maximum atomic E-state index is 12.0. The van der Waals surface area contributed by atoms with E-state index in [0.717, 1.165) is 6.42 Å². The van der Waals surface area contributed by atoms with Gasteiger partial charge in [-0.3, -0.25) is 0 Å². The highest BCUT2D eigenvalue weighted by Gasteiger charge is 2.20. The second-order valence-corrected chi connectivity index (χ2v) is 5.87. The fourth-order valence-electron chi connectivity index (χ4n) is 1.46. The van der Waals surface area contributed by atoms with Gasteiger partial charge < -0.3 is 10.5 Å². The minimum atomic E-state index is -3.66. The Balaban J connectivity index is 2.69. The van der Waals surface area contributed by atoms with Crippen molar-refractivity contribution in [2.75, 3.05) is 26.0 Å². The number of nitrogens with two attached hydrogens (primary N) is 1. The van der Waals surface area contributed by atoms with Crippen LogP contribution < -0.4 is 10.5 Å². The number of methoxy groups -OCH3 is 1. The summed E-state index contributed by atoms with van der Waals surface area (Å²) >= 11 is 5.86. The second kappa shape index (κ2) is 6.94. The fourth-order valence-corrected chi connectivity index (χ4v) is 3.21. The van der Waals surface area contributed by atoms with Gasteiger partial charge >= 0.3 is 0 Å². The Morgan fingerprint density at radius 2 is 2.11 bits per heavy atom. The van der Waals surface area contributed by atoms with Crippen molar-refractivity contribution in [3.63, 3.8) is 0 Å². The Morgan fingerprint density at radius 3 is 2.72 bits per heavy atom. The van der Waals surface area contributed by atoms with Crippen molar-refractivity contribution >= 4 is 27.3 Å². The van der Waals surface area contributed by atoms with Crippen molar-refractivity contribution in [1.29, 1.82) is 0 Å². The Kier molecular flexibility index (Phi) is 5.87. The number of hydrogen-bond acceptors (Lipinski definition) is 4. The van der Waals surface area contributed by atoms with Crippen molar-refractivity contribution in [2.45, 2.75) is 17.7 Å². The maximum Gasteiger partial charge on any atom is 0.244 e. The van der Waals surface area contributed by atoms with E-state index in [2.05, 4.69) is 4.72 Å². The lowest BCUT2D eigenvalue weighted by Gasteiger charge is -2.10. The second-order valence-electron chi connectivity index (χ2n) is 3.76. The smallest absolute Gasteiger partial charge is 0.244 e. The number of halogens is 1. The SMILES string of the molecule is COCCCCNS(=O)(=O)c1c(N)cccc1Cl. The molecule has 0 aliphatic heterocycles. The predicted molar refractivity (Wildman–Crippen MR) is 72.2 cm³/mol. The van der Waals surface area contributed by atoms with E-state index in [1.54, 1.807) is 13.2 Å². The molecule has 0 amide bonds. The summed E-state index contributed by atoms with van der Waals surface area (Å²) in [4.78, 5) is -0.0570. The molecule has 0 aromatic heterocycles. The van der Waals surface area contributed by atoms with Crippen LogP contribution in [0.5, 0.6) is 0 Å². The van der Waals surface area contributed by atoms with Crippen LogP contribution in [0.1, 0.15) is 12.8 Å². The summed E-state index contributed by atoms with van der Waals surface area (Å²) in [6.45, 7) is 0.937. The van der Waals surface area contributed by atoms with Gasteiger partial charge in [0.05, 0.1) is 10.7 Å². The Hall–Kier alpha value is -0.820. The van der Waals surface area contributed by atoms with Crippen molar-refractivity contribution in [2.24, 2.45) is 0 Å². The molecule has 18 heavy (non-hydrogen) atoms. The molecule has 0 atom stereocenters. The highest BCUT2D eigenvalue weighted by Crippen LogP contribution is 2.26. The molecule has 0 heterocycles. The summed E-state index contributed by atoms with van der Waals surface area (Å²) in [6, 6.07) is 4.61. The zero-order valence-corrected chi connectivity index (χ0v) is 11.7. The van der Waals surface area contributed by atoms with Gasteiger partial charge in [-0.2, -0.15) is 0 Å². The monoisotopic (exact) mass is 292 g/mol. The summed E-state index contributed by atoms with van der Waals surface area (Å²) in [5.41, 5.74) is 5.78. The largest absolute Gasteiger partial charge is 0.398 e. The van der Waals surface area contributed by atoms with Gasteiger partial charge in [-0.25, -0.2) is 13.1 Å². The molecule has 1 rings (SSSR count). The van der Waals surface area contributed by atoms with Crippen LogP contribution in [-0.4, -0.2) is 28.7 Å². The van der Waals surface area contributed by atoms with Crippen molar-refractivity contribution < 1.29 is 13.2 Å². The van der Waals surface area contributed by atoms with E-state index in [-0.39, 0.29) is 15.6 Å². The first-order valence-electron chi connectivity index (χ1n) is 5.51. The van der Waals surface area contributed by atoms with Crippen LogP contribution in [0.4, 0.5) is 5.69 Å². The third kappa shape index (κ3) is 4.13. The zero-order valence-electron chi connectivity index (χ0n) is 10.1. The van der Waals surface area contributed by atoms with Gasteiger partial charge in [0.15, 0.2) is 0 Å². The molecule has 0 saturated heterocycles. The highest BCUT2D eigenvalue weighted by molar-refractivity contribution is 7.89. The van der Waals surface area contributed by atoms with Crippen LogP contribution in [0.15, 0.2) is 23.1 Å². The average Bonchev–Trinajstić information content (AvgIpc) is 2.28. The third-order valence-corrected chi connectivity index (χ3v) is 4.34. The number of ether oxygens (including phenoxy) is 1. The highest BCUT2D eigenvalue weighted by atomic mass is 35.5. The Morgan fingerprint density at radius 1 is 1.39 bits per heavy atom. The number of unbranched alkanes of at least 4 members (excludes halogenated alkanes) is 1. The van der Waals surface area contributed by atoms with Gasteiger partial charge in [0.25, 0.3) is 0 Å². The number of anilines is 1. The molecule has 0 saturated carbocycles. The first-order valence-corrected chi connectivity index (χ1v) is 7.37. The molecule has 0 bridgehead atoms. The molecular formula is C11H17ClN2O3S. The molecule has 0 fully saturated rings. The van der Waals surface area contributed by atoms with Crippen molar-refractivity contribution in [3.05, 3.63) is 23.2 Å². The van der Waals surface area contributed by atoms with E-state index in [1.807, 2.05) is 0 Å². The minimum Gasteiger partial charge on any atom is -0.398 e. The number of nitrogens with one attached hydrogen (secondary N) is 1. The van der Waals surface area contributed by atoms with E-state index in [1.165, 1.54) is 12.1 Å². The minimum absolute atomic E-state index is 0.0570. The Labute approximate surface area is 112 Å². The average molecular weight is 293 g/mol. The normalized spacial score (nSPS) is 11.7. The lowest BCUT2D eigenvalue weighted by Crippen LogP contribution is -2.26. The molecule has 5 nitrogen and oxygen atoms in total. The van der Waals surface area contributed by atoms with Gasteiger partial charge in [0, 0.05) is 20.3 Å². The summed E-state index contributed by atoms with van der Waals surface area (Å²) in [6.07, 6.45) is 1.48. The van der Waals surface area contributed by atoms with E-state index >= 15 is 0 Å². The Bertz CT molecular complexity index is 471. The van der Waals surface area contributed by atoms with E-state index in [4.69, 9.17) is 22.1 Å². The number of benzene rings is 1. The number of nitrogen functional groups attached to an aromatic ring is 1. The third-order valence-electron chi connectivity index (χ3n) is 2.33. The van der Waals surface area contributed by atoms with Crippen LogP contribution >= 0.6 is 11.6 Å². The van der Waals surface area contributed by atoms with Gasteiger partial charge in [-0.1, -0.05) is 17.7 Å².